The molecule has 1 unspecified atom stereocenters. The number of ether oxygens (including phenoxy) is 3. The van der Waals surface area contributed by atoms with Crippen LogP contribution < -0.4 is 15.2 Å². The summed E-state index contributed by atoms with van der Waals surface area (Å²) >= 11 is 0. The fourth-order valence-corrected chi connectivity index (χ4v) is 3.78. The first-order valence-electron chi connectivity index (χ1n) is 13.0. The number of hydrogen-bond donors (Lipinski definition) is 2. The van der Waals surface area contributed by atoms with Crippen LogP contribution in [0.1, 0.15) is 92.1 Å². The molecule has 9 nitrogen and oxygen atoms in total. The second-order valence-electron chi connectivity index (χ2n) is 10.5. The van der Waals surface area contributed by atoms with Gasteiger partial charge in [-0.2, -0.15) is 0 Å². The van der Waals surface area contributed by atoms with E-state index < -0.39 is 29.6 Å². The van der Waals surface area contributed by atoms with Gasteiger partial charge in [-0.3, -0.25) is 19.2 Å². The zero-order valence-electron chi connectivity index (χ0n) is 23.0. The quantitative estimate of drug-likeness (QED) is 0.178. The minimum Gasteiger partial charge on any atom is -0.480 e. The van der Waals surface area contributed by atoms with E-state index in [0.717, 1.165) is 12.8 Å². The van der Waals surface area contributed by atoms with Crippen LogP contribution in [0.5, 0.6) is 11.5 Å². The number of hydrogen-bond acceptors (Lipinski definition) is 8. The molecule has 0 aliphatic rings. The van der Waals surface area contributed by atoms with Crippen LogP contribution in [0.25, 0.3) is 0 Å². The van der Waals surface area contributed by atoms with E-state index >= 15 is 0 Å². The van der Waals surface area contributed by atoms with Crippen LogP contribution in [-0.4, -0.2) is 40.6 Å². The smallest absolute Gasteiger partial charge is 0.324 e. The summed E-state index contributed by atoms with van der Waals surface area (Å²) in [7, 11) is 0. The first-order chi connectivity index (χ1) is 17.2. The summed E-state index contributed by atoms with van der Waals surface area (Å²) < 4.78 is 16.3. The molecule has 0 amide bonds. The lowest BCUT2D eigenvalue weighted by Gasteiger charge is -2.28. The normalized spacial score (nSPS) is 13.6. The fraction of sp³-hybridized carbons (Fsp3) is 0.643. The van der Waals surface area contributed by atoms with Gasteiger partial charge in [0.2, 0.25) is 0 Å². The molecule has 0 saturated carbocycles. The standard InChI is InChI=1S/C28H43NO8/c1-7-8-9-10-24(30)35-20(6)16-28(29,27(33)34)17-21-11-12-22(36-25(31)13-18(2)3)23(15-21)37-26(32)14-19(4)5/h11-12,15,18-20H,7-10,13-14,16-17,29H2,1-6H3,(H,33,34)/t20-,28?/m0/s1. The highest BCUT2D eigenvalue weighted by molar-refractivity contribution is 5.80. The lowest BCUT2D eigenvalue weighted by molar-refractivity contribution is -0.153. The first kappa shape index (κ1) is 32.1. The highest BCUT2D eigenvalue weighted by Gasteiger charge is 2.37. The molecule has 1 aromatic rings. The van der Waals surface area contributed by atoms with Gasteiger partial charge in [-0.1, -0.05) is 53.5 Å². The van der Waals surface area contributed by atoms with Crippen molar-refractivity contribution >= 4 is 23.9 Å². The molecule has 1 aromatic carbocycles. The van der Waals surface area contributed by atoms with Gasteiger partial charge >= 0.3 is 23.9 Å². The predicted octanol–water partition coefficient (Wildman–Crippen LogP) is 4.82. The van der Waals surface area contributed by atoms with Crippen molar-refractivity contribution in [2.45, 2.75) is 105 Å². The molecule has 0 bridgehead atoms. The second-order valence-corrected chi connectivity index (χ2v) is 10.5. The number of benzene rings is 1. The van der Waals surface area contributed by atoms with Gasteiger partial charge in [0.25, 0.3) is 0 Å². The van der Waals surface area contributed by atoms with Gasteiger partial charge in [-0.05, 0) is 42.9 Å². The highest BCUT2D eigenvalue weighted by atomic mass is 16.6. The van der Waals surface area contributed by atoms with Crippen molar-refractivity contribution in [3.63, 3.8) is 0 Å². The Morgan fingerprint density at radius 2 is 1.46 bits per heavy atom. The van der Waals surface area contributed by atoms with E-state index in [1.165, 1.54) is 12.1 Å². The van der Waals surface area contributed by atoms with E-state index in [-0.39, 0.29) is 61.4 Å². The number of esters is 3. The van der Waals surface area contributed by atoms with Crippen LogP contribution in [0.15, 0.2) is 18.2 Å². The van der Waals surface area contributed by atoms with Gasteiger partial charge in [0.05, 0.1) is 0 Å². The molecule has 0 heterocycles. The van der Waals surface area contributed by atoms with Crippen molar-refractivity contribution in [2.75, 3.05) is 0 Å². The van der Waals surface area contributed by atoms with Gasteiger partial charge < -0.3 is 25.1 Å². The zero-order chi connectivity index (χ0) is 28.2. The van der Waals surface area contributed by atoms with E-state index in [1.807, 2.05) is 34.6 Å². The van der Waals surface area contributed by atoms with Crippen LogP contribution in [0.4, 0.5) is 0 Å². The van der Waals surface area contributed by atoms with Gasteiger partial charge in [0, 0.05) is 32.1 Å². The number of carbonyl (C=O) groups is 4. The molecule has 0 spiro atoms. The summed E-state index contributed by atoms with van der Waals surface area (Å²) in [5, 5.41) is 9.90. The zero-order valence-corrected chi connectivity index (χ0v) is 23.0. The maximum absolute atomic E-state index is 12.4. The second kappa shape index (κ2) is 15.3. The Morgan fingerprint density at radius 1 is 0.892 bits per heavy atom. The fourth-order valence-electron chi connectivity index (χ4n) is 3.78. The summed E-state index contributed by atoms with van der Waals surface area (Å²) in [6.07, 6.45) is 2.23. The molecular weight excluding hydrogens is 478 g/mol. The van der Waals surface area contributed by atoms with Crippen LogP contribution >= 0.6 is 0 Å². The van der Waals surface area contributed by atoms with Gasteiger partial charge in [0.1, 0.15) is 11.6 Å². The van der Waals surface area contributed by atoms with E-state index in [0.29, 0.717) is 12.0 Å². The maximum Gasteiger partial charge on any atom is 0.324 e. The average molecular weight is 522 g/mol. The van der Waals surface area contributed by atoms with E-state index in [4.69, 9.17) is 19.9 Å². The van der Waals surface area contributed by atoms with Gasteiger partial charge in [-0.15, -0.1) is 0 Å². The van der Waals surface area contributed by atoms with Crippen molar-refractivity contribution in [3.8, 4) is 11.5 Å². The largest absolute Gasteiger partial charge is 0.480 e. The van der Waals surface area contributed by atoms with Gasteiger partial charge in [-0.25, -0.2) is 0 Å². The number of aliphatic carboxylic acids is 1. The Kier molecular flexibility index (Phi) is 13.3. The third-order valence-corrected chi connectivity index (χ3v) is 5.52. The summed E-state index contributed by atoms with van der Waals surface area (Å²) in [6, 6.07) is 4.50. The number of nitrogens with two attached hydrogens (primary N) is 1. The summed E-state index contributed by atoms with van der Waals surface area (Å²) in [4.78, 5) is 48.8. The molecule has 0 aliphatic carbocycles. The highest BCUT2D eigenvalue weighted by Crippen LogP contribution is 2.32. The number of carbonyl (C=O) groups excluding carboxylic acids is 3. The van der Waals surface area contributed by atoms with Crippen LogP contribution in [0, 0.1) is 11.8 Å². The Bertz CT molecular complexity index is 927. The van der Waals surface area contributed by atoms with Crippen LogP contribution in [0.2, 0.25) is 0 Å². The van der Waals surface area contributed by atoms with Crippen molar-refractivity contribution in [3.05, 3.63) is 23.8 Å². The number of carboxylic acid groups (broad SMARTS) is 1. The molecule has 2 atom stereocenters. The molecular formula is C28H43NO8. The molecule has 3 N–H and O–H groups in total. The monoisotopic (exact) mass is 521 g/mol. The molecule has 208 valence electrons. The SMILES string of the molecule is CCCCCC(=O)O[C@@H](C)CC(N)(Cc1ccc(OC(=O)CC(C)C)c(OC(=O)CC(C)C)c1)C(=O)O. The molecule has 37 heavy (non-hydrogen) atoms. The molecule has 9 heteroatoms. The van der Waals surface area contributed by atoms with Crippen molar-refractivity contribution in [2.24, 2.45) is 17.6 Å². The molecule has 0 radical (unpaired) electrons. The Labute approximate surface area is 220 Å². The Morgan fingerprint density at radius 3 is 1.97 bits per heavy atom. The molecule has 0 fully saturated rings. The molecule has 0 aromatic heterocycles. The molecule has 0 saturated heterocycles. The topological polar surface area (TPSA) is 142 Å². The van der Waals surface area contributed by atoms with Crippen molar-refractivity contribution in [1.82, 2.24) is 0 Å². The lowest BCUT2D eigenvalue weighted by atomic mass is 9.86. The van der Waals surface area contributed by atoms with Crippen LogP contribution in [0.3, 0.4) is 0 Å². The predicted molar refractivity (Wildman–Crippen MR) is 139 cm³/mol. The molecule has 0 aliphatic heterocycles. The summed E-state index contributed by atoms with van der Waals surface area (Å²) in [5.41, 5.74) is 4.99. The van der Waals surface area contributed by atoms with Crippen molar-refractivity contribution < 1.29 is 38.5 Å². The molecule has 1 rings (SSSR count). The Hall–Kier alpha value is -2.94. The lowest BCUT2D eigenvalue weighted by Crippen LogP contribution is -2.52. The number of rotatable bonds is 16. The third-order valence-electron chi connectivity index (χ3n) is 5.52. The van der Waals surface area contributed by atoms with Gasteiger partial charge in [0.15, 0.2) is 11.5 Å². The third kappa shape index (κ3) is 12.2. The van der Waals surface area contributed by atoms with Crippen LogP contribution in [-0.2, 0) is 30.3 Å². The van der Waals surface area contributed by atoms with E-state index in [1.54, 1.807) is 13.0 Å². The minimum absolute atomic E-state index is 0.0170. The average Bonchev–Trinajstić information content (AvgIpc) is 2.74. The van der Waals surface area contributed by atoms with Crippen molar-refractivity contribution in [1.29, 1.82) is 0 Å². The van der Waals surface area contributed by atoms with E-state index in [2.05, 4.69) is 0 Å². The number of carboxylic acids is 1. The maximum atomic E-state index is 12.4. The van der Waals surface area contributed by atoms with E-state index in [9.17, 15) is 24.3 Å². The summed E-state index contributed by atoms with van der Waals surface area (Å²) in [5.74, 6) is -2.41. The number of unbranched alkanes of at least 4 members (excludes halogenated alkanes) is 2. The first-order valence-corrected chi connectivity index (χ1v) is 13.0. The Balaban J connectivity index is 3.11. The minimum atomic E-state index is -1.75. The summed E-state index contributed by atoms with van der Waals surface area (Å²) in [6.45, 7) is 11.1.